The lowest BCUT2D eigenvalue weighted by Gasteiger charge is -2.14. The fraction of sp³-hybridized carbons (Fsp3) is 0.429. The number of hydrogen-bond donors (Lipinski definition) is 2. The maximum absolute atomic E-state index is 11.8. The molecule has 19 heavy (non-hydrogen) atoms. The molecule has 0 bridgehead atoms. The number of carboxylic acids is 1. The minimum atomic E-state index is -0.874. The van der Waals surface area contributed by atoms with E-state index in [1.807, 2.05) is 31.2 Å². The molecule has 0 radical (unpaired) electrons. The summed E-state index contributed by atoms with van der Waals surface area (Å²) in [6.07, 6.45) is 1.20. The van der Waals surface area contributed by atoms with Crippen LogP contribution >= 0.6 is 15.9 Å². The van der Waals surface area contributed by atoms with Gasteiger partial charge in [-0.1, -0.05) is 28.1 Å². The van der Waals surface area contributed by atoms with Crippen molar-refractivity contribution in [2.45, 2.75) is 25.8 Å². The number of benzene rings is 1. The van der Waals surface area contributed by atoms with E-state index in [9.17, 15) is 9.59 Å². The quantitative estimate of drug-likeness (QED) is 0.872. The lowest BCUT2D eigenvalue weighted by Crippen LogP contribution is -2.35. The first-order valence-corrected chi connectivity index (χ1v) is 7.04. The van der Waals surface area contributed by atoms with Gasteiger partial charge in [-0.2, -0.15) is 0 Å². The summed E-state index contributed by atoms with van der Waals surface area (Å²) >= 11 is 3.37. The smallest absolute Gasteiger partial charge is 0.307 e. The SMILES string of the molecule is CC(Cc1ccc(Br)cc1)NC(=O)[C@@H]1C[C@@H]1C(=O)O. The second-order valence-electron chi connectivity index (χ2n) is 5.03. The molecular weight excluding hydrogens is 310 g/mol. The number of halogens is 1. The van der Waals surface area contributed by atoms with Crippen molar-refractivity contribution in [1.82, 2.24) is 5.32 Å². The van der Waals surface area contributed by atoms with Gasteiger partial charge in [-0.15, -0.1) is 0 Å². The Morgan fingerprint density at radius 2 is 2.00 bits per heavy atom. The first kappa shape index (κ1) is 14.1. The van der Waals surface area contributed by atoms with Gasteiger partial charge in [0.25, 0.3) is 0 Å². The summed E-state index contributed by atoms with van der Waals surface area (Å²) in [5.41, 5.74) is 1.14. The van der Waals surface area contributed by atoms with E-state index < -0.39 is 11.9 Å². The zero-order chi connectivity index (χ0) is 14.0. The number of rotatable bonds is 5. The normalized spacial score (nSPS) is 22.6. The summed E-state index contributed by atoms with van der Waals surface area (Å²) in [5, 5.41) is 11.7. The molecule has 4 nitrogen and oxygen atoms in total. The van der Waals surface area contributed by atoms with Crippen molar-refractivity contribution in [1.29, 1.82) is 0 Å². The van der Waals surface area contributed by atoms with E-state index in [-0.39, 0.29) is 17.9 Å². The highest BCUT2D eigenvalue weighted by Gasteiger charge is 2.48. The molecule has 0 spiro atoms. The van der Waals surface area contributed by atoms with Crippen molar-refractivity contribution in [2.24, 2.45) is 11.8 Å². The van der Waals surface area contributed by atoms with Crippen LogP contribution in [0.2, 0.25) is 0 Å². The Balaban J connectivity index is 1.81. The Morgan fingerprint density at radius 3 is 2.53 bits per heavy atom. The van der Waals surface area contributed by atoms with Gasteiger partial charge in [-0.3, -0.25) is 9.59 Å². The molecular formula is C14H16BrNO3. The molecule has 1 fully saturated rings. The van der Waals surface area contributed by atoms with Gasteiger partial charge in [0, 0.05) is 10.5 Å². The molecule has 1 aromatic carbocycles. The summed E-state index contributed by atoms with van der Waals surface area (Å²) in [4.78, 5) is 22.5. The van der Waals surface area contributed by atoms with Crippen LogP contribution in [-0.4, -0.2) is 23.0 Å². The second kappa shape index (κ2) is 5.74. The molecule has 1 amide bonds. The second-order valence-corrected chi connectivity index (χ2v) is 5.94. The Bertz CT molecular complexity index is 486. The van der Waals surface area contributed by atoms with Crippen LogP contribution in [-0.2, 0) is 16.0 Å². The highest BCUT2D eigenvalue weighted by atomic mass is 79.9. The minimum absolute atomic E-state index is 0.00344. The predicted molar refractivity (Wildman–Crippen MR) is 74.7 cm³/mol. The maximum atomic E-state index is 11.8. The third-order valence-electron chi connectivity index (χ3n) is 3.29. The van der Waals surface area contributed by atoms with Gasteiger partial charge in [0.1, 0.15) is 0 Å². The van der Waals surface area contributed by atoms with Crippen molar-refractivity contribution in [3.05, 3.63) is 34.3 Å². The van der Waals surface area contributed by atoms with E-state index in [1.54, 1.807) is 0 Å². The zero-order valence-corrected chi connectivity index (χ0v) is 12.2. The topological polar surface area (TPSA) is 66.4 Å². The largest absolute Gasteiger partial charge is 0.481 e. The third kappa shape index (κ3) is 3.80. The van der Waals surface area contributed by atoms with Crippen LogP contribution in [0.5, 0.6) is 0 Å². The summed E-state index contributed by atoms with van der Waals surface area (Å²) in [6, 6.07) is 7.94. The zero-order valence-electron chi connectivity index (χ0n) is 10.6. The number of aliphatic carboxylic acids is 1. The van der Waals surface area contributed by atoms with Crippen LogP contribution in [0.15, 0.2) is 28.7 Å². The van der Waals surface area contributed by atoms with Gasteiger partial charge < -0.3 is 10.4 Å². The number of amides is 1. The highest BCUT2D eigenvalue weighted by molar-refractivity contribution is 9.10. The molecule has 5 heteroatoms. The fourth-order valence-corrected chi connectivity index (χ4v) is 2.40. The van der Waals surface area contributed by atoms with Gasteiger partial charge >= 0.3 is 5.97 Å². The molecule has 2 rings (SSSR count). The van der Waals surface area contributed by atoms with E-state index >= 15 is 0 Å². The highest BCUT2D eigenvalue weighted by Crippen LogP contribution is 2.38. The standard InChI is InChI=1S/C14H16BrNO3/c1-8(6-9-2-4-10(15)5-3-9)16-13(17)11-7-12(11)14(18)19/h2-5,8,11-12H,6-7H2,1H3,(H,16,17)(H,18,19)/t8?,11-,12+/m1/s1. The number of nitrogens with one attached hydrogen (secondary N) is 1. The Hall–Kier alpha value is -1.36. The van der Waals surface area contributed by atoms with Crippen molar-refractivity contribution in [3.8, 4) is 0 Å². The Morgan fingerprint density at radius 1 is 1.37 bits per heavy atom. The summed E-state index contributed by atoms with van der Waals surface area (Å²) < 4.78 is 1.02. The molecule has 0 saturated heterocycles. The molecule has 1 aliphatic carbocycles. The molecule has 1 aromatic rings. The number of carboxylic acid groups (broad SMARTS) is 1. The molecule has 1 saturated carbocycles. The van der Waals surface area contributed by atoms with Crippen LogP contribution in [0, 0.1) is 11.8 Å². The minimum Gasteiger partial charge on any atom is -0.481 e. The molecule has 1 aliphatic rings. The van der Waals surface area contributed by atoms with E-state index in [2.05, 4.69) is 21.2 Å². The summed E-state index contributed by atoms with van der Waals surface area (Å²) in [7, 11) is 0. The molecule has 1 unspecified atom stereocenters. The van der Waals surface area contributed by atoms with Gasteiger partial charge in [0.15, 0.2) is 0 Å². The first-order chi connectivity index (χ1) is 8.97. The van der Waals surface area contributed by atoms with Crippen LogP contribution in [0.25, 0.3) is 0 Å². The average molecular weight is 326 g/mol. The summed E-state index contributed by atoms with van der Waals surface area (Å²) in [6.45, 7) is 1.93. The van der Waals surface area contributed by atoms with Crippen LogP contribution in [0.4, 0.5) is 0 Å². The van der Waals surface area contributed by atoms with Crippen molar-refractivity contribution in [2.75, 3.05) is 0 Å². The monoisotopic (exact) mass is 325 g/mol. The molecule has 0 heterocycles. The molecule has 0 aliphatic heterocycles. The average Bonchev–Trinajstić information content (AvgIpc) is 3.12. The number of carbonyl (C=O) groups excluding carboxylic acids is 1. The van der Waals surface area contributed by atoms with Crippen molar-refractivity contribution < 1.29 is 14.7 Å². The van der Waals surface area contributed by atoms with Crippen LogP contribution < -0.4 is 5.32 Å². The van der Waals surface area contributed by atoms with Gasteiger partial charge in [0.05, 0.1) is 11.8 Å². The van der Waals surface area contributed by atoms with E-state index in [1.165, 1.54) is 0 Å². The molecule has 0 aromatic heterocycles. The van der Waals surface area contributed by atoms with Crippen LogP contribution in [0.3, 0.4) is 0 Å². The first-order valence-electron chi connectivity index (χ1n) is 6.25. The third-order valence-corrected chi connectivity index (χ3v) is 3.82. The van der Waals surface area contributed by atoms with E-state index in [0.717, 1.165) is 16.5 Å². The van der Waals surface area contributed by atoms with Gasteiger partial charge in [-0.25, -0.2) is 0 Å². The Kier molecular flexibility index (Phi) is 4.24. The molecule has 102 valence electrons. The predicted octanol–water partition coefficient (Wildman–Crippen LogP) is 2.22. The lowest BCUT2D eigenvalue weighted by molar-refractivity contribution is -0.140. The van der Waals surface area contributed by atoms with E-state index in [4.69, 9.17) is 5.11 Å². The fourth-order valence-electron chi connectivity index (χ4n) is 2.13. The molecule has 3 atom stereocenters. The van der Waals surface area contributed by atoms with Gasteiger partial charge in [0.2, 0.25) is 5.91 Å². The summed E-state index contributed by atoms with van der Waals surface area (Å²) in [5.74, 6) is -1.84. The molecule has 2 N–H and O–H groups in total. The van der Waals surface area contributed by atoms with Gasteiger partial charge in [-0.05, 0) is 37.5 Å². The van der Waals surface area contributed by atoms with Crippen molar-refractivity contribution >= 4 is 27.8 Å². The van der Waals surface area contributed by atoms with Crippen LogP contribution in [0.1, 0.15) is 18.9 Å². The maximum Gasteiger partial charge on any atom is 0.307 e. The Labute approximate surface area is 120 Å². The van der Waals surface area contributed by atoms with E-state index in [0.29, 0.717) is 6.42 Å². The lowest BCUT2D eigenvalue weighted by atomic mass is 10.1. The van der Waals surface area contributed by atoms with Crippen molar-refractivity contribution in [3.63, 3.8) is 0 Å². The number of hydrogen-bond acceptors (Lipinski definition) is 2. The number of carbonyl (C=O) groups is 2.